The summed E-state index contributed by atoms with van der Waals surface area (Å²) in [5, 5.41) is 0. The molecule has 32 heavy (non-hydrogen) atoms. The maximum absolute atomic E-state index is 13.3. The maximum atomic E-state index is 13.3. The number of hydrogen-bond acceptors (Lipinski definition) is 3. The Labute approximate surface area is 188 Å². The molecule has 1 fully saturated rings. The van der Waals surface area contributed by atoms with Crippen molar-refractivity contribution < 1.29 is 9.21 Å². The van der Waals surface area contributed by atoms with E-state index in [0.717, 1.165) is 53.6 Å². The Hall–Kier alpha value is -3.40. The molecule has 1 atom stereocenters. The molecule has 0 bridgehead atoms. The van der Waals surface area contributed by atoms with Gasteiger partial charge < -0.3 is 9.32 Å². The van der Waals surface area contributed by atoms with Gasteiger partial charge in [0.2, 0.25) is 5.89 Å². The number of fused-ring (bicyclic) bond motifs is 1. The number of aryl methyl sites for hydroxylation is 1. The summed E-state index contributed by atoms with van der Waals surface area (Å²) in [6.07, 6.45) is 5.24. The minimum atomic E-state index is -0.116. The van der Waals surface area contributed by atoms with E-state index < -0.39 is 0 Å². The number of amides is 1. The van der Waals surface area contributed by atoms with Gasteiger partial charge in [-0.1, -0.05) is 61.9 Å². The number of rotatable bonds is 6. The van der Waals surface area contributed by atoms with Crippen LogP contribution in [0.25, 0.3) is 22.2 Å². The normalized spacial score (nSPS) is 16.0. The van der Waals surface area contributed by atoms with Crippen molar-refractivity contribution in [3.63, 3.8) is 0 Å². The SMILES string of the molecule is CCCCc1ccc(C(=O)N2CCC[C@H]2c2nc3cc(-c4ccccc4)ccc3o2)cc1. The first-order valence-electron chi connectivity index (χ1n) is 11.6. The Morgan fingerprint density at radius 1 is 1.03 bits per heavy atom. The summed E-state index contributed by atoms with van der Waals surface area (Å²) in [6, 6.07) is 24.3. The number of benzene rings is 3. The van der Waals surface area contributed by atoms with Gasteiger partial charge in [-0.2, -0.15) is 0 Å². The molecule has 5 rings (SSSR count). The van der Waals surface area contributed by atoms with Gasteiger partial charge >= 0.3 is 0 Å². The zero-order chi connectivity index (χ0) is 21.9. The molecule has 1 aliphatic rings. The first-order chi connectivity index (χ1) is 15.7. The van der Waals surface area contributed by atoms with Gasteiger partial charge in [0, 0.05) is 12.1 Å². The fraction of sp³-hybridized carbons (Fsp3) is 0.286. The molecule has 162 valence electrons. The van der Waals surface area contributed by atoms with E-state index in [-0.39, 0.29) is 11.9 Å². The smallest absolute Gasteiger partial charge is 0.254 e. The number of hydrogen-bond donors (Lipinski definition) is 0. The van der Waals surface area contributed by atoms with Gasteiger partial charge in [-0.05, 0) is 66.6 Å². The molecule has 0 unspecified atom stereocenters. The number of likely N-dealkylation sites (tertiary alicyclic amines) is 1. The van der Waals surface area contributed by atoms with Gasteiger partial charge in [0.1, 0.15) is 11.6 Å². The molecule has 2 heterocycles. The lowest BCUT2D eigenvalue weighted by molar-refractivity contribution is 0.0717. The van der Waals surface area contributed by atoms with Crippen LogP contribution < -0.4 is 0 Å². The lowest BCUT2D eigenvalue weighted by atomic mass is 10.1. The quantitative estimate of drug-likeness (QED) is 0.341. The average molecular weight is 425 g/mol. The summed E-state index contributed by atoms with van der Waals surface area (Å²) < 4.78 is 6.12. The highest BCUT2D eigenvalue weighted by Gasteiger charge is 2.34. The highest BCUT2D eigenvalue weighted by molar-refractivity contribution is 5.94. The van der Waals surface area contributed by atoms with Crippen LogP contribution in [0.1, 0.15) is 60.5 Å². The van der Waals surface area contributed by atoms with Crippen LogP contribution in [0.2, 0.25) is 0 Å². The first kappa shape index (κ1) is 20.5. The lowest BCUT2D eigenvalue weighted by Crippen LogP contribution is -2.30. The first-order valence-corrected chi connectivity index (χ1v) is 11.6. The van der Waals surface area contributed by atoms with Crippen molar-refractivity contribution in [2.75, 3.05) is 6.54 Å². The molecule has 4 heteroatoms. The zero-order valence-electron chi connectivity index (χ0n) is 18.5. The highest BCUT2D eigenvalue weighted by Crippen LogP contribution is 2.35. The number of carbonyl (C=O) groups excluding carboxylic acids is 1. The Bertz CT molecular complexity index is 1210. The van der Waals surface area contributed by atoms with Gasteiger partial charge in [-0.15, -0.1) is 0 Å². The fourth-order valence-corrected chi connectivity index (χ4v) is 4.53. The van der Waals surface area contributed by atoms with Gasteiger partial charge in [0.25, 0.3) is 5.91 Å². The van der Waals surface area contributed by atoms with Crippen molar-refractivity contribution in [2.24, 2.45) is 0 Å². The van der Waals surface area contributed by atoms with E-state index in [9.17, 15) is 4.79 Å². The summed E-state index contributed by atoms with van der Waals surface area (Å²) in [5.41, 5.74) is 5.88. The van der Waals surface area contributed by atoms with E-state index in [0.29, 0.717) is 5.89 Å². The third-order valence-electron chi connectivity index (χ3n) is 6.33. The van der Waals surface area contributed by atoms with Gasteiger partial charge in [0.15, 0.2) is 5.58 Å². The van der Waals surface area contributed by atoms with Crippen LogP contribution in [0.5, 0.6) is 0 Å². The second-order valence-electron chi connectivity index (χ2n) is 8.56. The summed E-state index contributed by atoms with van der Waals surface area (Å²) in [4.78, 5) is 20.0. The number of unbranched alkanes of at least 4 members (excludes halogenated alkanes) is 1. The molecule has 0 aliphatic carbocycles. The Morgan fingerprint density at radius 3 is 2.62 bits per heavy atom. The van der Waals surface area contributed by atoms with Crippen molar-refractivity contribution in [3.05, 3.63) is 89.8 Å². The lowest BCUT2D eigenvalue weighted by Gasteiger charge is -2.22. The highest BCUT2D eigenvalue weighted by atomic mass is 16.3. The van der Waals surface area contributed by atoms with Crippen LogP contribution in [0.15, 0.2) is 77.2 Å². The molecule has 1 aromatic heterocycles. The Kier molecular flexibility index (Phi) is 5.76. The van der Waals surface area contributed by atoms with Crippen LogP contribution in [-0.4, -0.2) is 22.3 Å². The predicted molar refractivity (Wildman–Crippen MR) is 128 cm³/mol. The van der Waals surface area contributed by atoms with Gasteiger partial charge in [-0.25, -0.2) is 4.98 Å². The minimum Gasteiger partial charge on any atom is -0.438 e. The van der Waals surface area contributed by atoms with Crippen molar-refractivity contribution >= 4 is 17.0 Å². The maximum Gasteiger partial charge on any atom is 0.254 e. The van der Waals surface area contributed by atoms with Crippen molar-refractivity contribution in [2.45, 2.75) is 45.1 Å². The molecular weight excluding hydrogens is 396 g/mol. The van der Waals surface area contributed by atoms with Crippen LogP contribution >= 0.6 is 0 Å². The van der Waals surface area contributed by atoms with Crippen LogP contribution in [0.4, 0.5) is 0 Å². The van der Waals surface area contributed by atoms with Crippen molar-refractivity contribution in [3.8, 4) is 11.1 Å². The number of aromatic nitrogens is 1. The minimum absolute atomic E-state index is 0.0572. The third kappa shape index (κ3) is 4.05. The standard InChI is InChI=1S/C28H28N2O2/c1-2-3-8-20-12-14-22(15-13-20)28(31)30-18-7-11-25(30)27-29-24-19-23(16-17-26(24)32-27)21-9-5-4-6-10-21/h4-6,9-10,12-17,19,25H,2-3,7-8,11,18H2,1H3/t25-/m0/s1. The van der Waals surface area contributed by atoms with Gasteiger partial charge in [-0.3, -0.25) is 4.79 Å². The summed E-state index contributed by atoms with van der Waals surface area (Å²) in [6.45, 7) is 2.93. The van der Waals surface area contributed by atoms with E-state index in [1.807, 2.05) is 41.3 Å². The fourth-order valence-electron chi connectivity index (χ4n) is 4.53. The molecule has 0 spiro atoms. The van der Waals surface area contributed by atoms with Crippen LogP contribution in [0.3, 0.4) is 0 Å². The molecular formula is C28H28N2O2. The molecule has 1 amide bonds. The Morgan fingerprint density at radius 2 is 1.84 bits per heavy atom. The number of carbonyl (C=O) groups is 1. The van der Waals surface area contributed by atoms with Crippen LogP contribution in [0, 0.1) is 0 Å². The second-order valence-corrected chi connectivity index (χ2v) is 8.56. The largest absolute Gasteiger partial charge is 0.438 e. The molecule has 1 aliphatic heterocycles. The molecule has 4 aromatic rings. The molecule has 0 radical (unpaired) electrons. The molecule has 0 saturated carbocycles. The second kappa shape index (κ2) is 8.99. The van der Waals surface area contributed by atoms with E-state index in [4.69, 9.17) is 9.40 Å². The summed E-state index contributed by atoms with van der Waals surface area (Å²) in [7, 11) is 0. The number of oxazole rings is 1. The van der Waals surface area contributed by atoms with Crippen LogP contribution in [-0.2, 0) is 6.42 Å². The monoisotopic (exact) mass is 424 g/mol. The Balaban J connectivity index is 1.38. The zero-order valence-corrected chi connectivity index (χ0v) is 18.5. The predicted octanol–water partition coefficient (Wildman–Crippen LogP) is 6.81. The average Bonchev–Trinajstić information content (AvgIpc) is 3.49. The molecule has 3 aromatic carbocycles. The van der Waals surface area contributed by atoms with E-state index in [2.05, 4.69) is 43.3 Å². The van der Waals surface area contributed by atoms with Gasteiger partial charge in [0.05, 0.1) is 0 Å². The van der Waals surface area contributed by atoms with Crippen molar-refractivity contribution in [1.29, 1.82) is 0 Å². The molecule has 0 N–H and O–H groups in total. The molecule has 1 saturated heterocycles. The van der Waals surface area contributed by atoms with E-state index in [1.54, 1.807) is 0 Å². The van der Waals surface area contributed by atoms with Crippen molar-refractivity contribution in [1.82, 2.24) is 9.88 Å². The third-order valence-corrected chi connectivity index (χ3v) is 6.33. The topological polar surface area (TPSA) is 46.3 Å². The van der Waals surface area contributed by atoms with E-state index in [1.165, 1.54) is 18.4 Å². The van der Waals surface area contributed by atoms with E-state index >= 15 is 0 Å². The summed E-state index contributed by atoms with van der Waals surface area (Å²) in [5.74, 6) is 0.692. The molecule has 4 nitrogen and oxygen atoms in total. The number of nitrogens with zero attached hydrogens (tertiary/aromatic N) is 2. The summed E-state index contributed by atoms with van der Waals surface area (Å²) >= 11 is 0.